The fraction of sp³-hybridized carbons (Fsp3) is 0.435. The monoisotopic (exact) mass is 477 g/mol. The normalized spacial score (nSPS) is 18.5. The third-order valence-corrected chi connectivity index (χ3v) is 8.10. The van der Waals surface area contributed by atoms with E-state index in [2.05, 4.69) is 17.1 Å². The number of sulfonamides is 1. The first kappa shape index (κ1) is 23.2. The number of morpholine rings is 1. The van der Waals surface area contributed by atoms with Crippen molar-refractivity contribution in [1.82, 2.24) is 9.21 Å². The van der Waals surface area contributed by atoms with Gasteiger partial charge in [-0.2, -0.15) is 4.31 Å². The zero-order chi connectivity index (χ0) is 22.7. The number of amides is 1. The van der Waals surface area contributed by atoms with Gasteiger partial charge in [0.25, 0.3) is 0 Å². The Labute approximate surface area is 194 Å². The Hall–Kier alpha value is -1.97. The first-order chi connectivity index (χ1) is 15.3. The highest BCUT2D eigenvalue weighted by molar-refractivity contribution is 7.89. The first-order valence-corrected chi connectivity index (χ1v) is 12.7. The maximum absolute atomic E-state index is 12.8. The molecule has 1 saturated carbocycles. The highest BCUT2D eigenvalue weighted by Gasteiger charge is 2.34. The van der Waals surface area contributed by atoms with Gasteiger partial charge in [-0.05, 0) is 61.7 Å². The number of rotatable bonds is 8. The van der Waals surface area contributed by atoms with E-state index in [1.54, 1.807) is 12.1 Å². The van der Waals surface area contributed by atoms with E-state index in [9.17, 15) is 13.2 Å². The summed E-state index contributed by atoms with van der Waals surface area (Å²) in [4.78, 5) is 15.2. The molecule has 0 aromatic heterocycles. The quantitative estimate of drug-likeness (QED) is 0.629. The Bertz CT molecular complexity index is 1030. The van der Waals surface area contributed by atoms with Crippen LogP contribution >= 0.6 is 11.6 Å². The van der Waals surface area contributed by atoms with Crippen LogP contribution in [0.4, 0.5) is 5.69 Å². The molecule has 4 rings (SSSR count). The van der Waals surface area contributed by atoms with Gasteiger partial charge in [-0.3, -0.25) is 9.69 Å². The van der Waals surface area contributed by atoms with Crippen molar-refractivity contribution in [1.29, 1.82) is 0 Å². The van der Waals surface area contributed by atoms with Crippen molar-refractivity contribution in [3.05, 3.63) is 59.1 Å². The molecule has 32 heavy (non-hydrogen) atoms. The fourth-order valence-corrected chi connectivity index (χ4v) is 5.47. The summed E-state index contributed by atoms with van der Waals surface area (Å²) in [5, 5.41) is 3.59. The van der Waals surface area contributed by atoms with Crippen LogP contribution in [-0.4, -0.2) is 62.4 Å². The number of benzene rings is 2. The van der Waals surface area contributed by atoms with Crippen LogP contribution in [0.3, 0.4) is 0 Å². The summed E-state index contributed by atoms with van der Waals surface area (Å²) < 4.78 is 32.2. The molecule has 1 unspecified atom stereocenters. The van der Waals surface area contributed by atoms with Crippen LogP contribution in [0.5, 0.6) is 0 Å². The molecule has 1 atom stereocenters. The van der Waals surface area contributed by atoms with E-state index in [1.165, 1.54) is 16.4 Å². The summed E-state index contributed by atoms with van der Waals surface area (Å²) in [7, 11) is -3.55. The Morgan fingerprint density at radius 2 is 1.75 bits per heavy atom. The van der Waals surface area contributed by atoms with E-state index in [0.29, 0.717) is 43.1 Å². The van der Waals surface area contributed by atoms with Gasteiger partial charge in [0, 0.05) is 35.9 Å². The van der Waals surface area contributed by atoms with Gasteiger partial charge in [0.15, 0.2) is 0 Å². The van der Waals surface area contributed by atoms with E-state index in [1.807, 2.05) is 24.3 Å². The molecule has 9 heteroatoms. The molecule has 1 heterocycles. The average molecular weight is 478 g/mol. The molecule has 1 N–H and O–H groups in total. The minimum atomic E-state index is -3.55. The second-order valence-electron chi connectivity index (χ2n) is 8.22. The maximum atomic E-state index is 12.8. The van der Waals surface area contributed by atoms with Gasteiger partial charge in [0.05, 0.1) is 24.7 Å². The number of halogens is 1. The second-order valence-corrected chi connectivity index (χ2v) is 10.6. The number of carbonyl (C=O) groups is 1. The lowest BCUT2D eigenvalue weighted by Crippen LogP contribution is -2.40. The molecular formula is C23H28ClN3O4S. The zero-order valence-electron chi connectivity index (χ0n) is 18.0. The predicted octanol–water partition coefficient (Wildman–Crippen LogP) is 3.53. The molecule has 0 spiro atoms. The van der Waals surface area contributed by atoms with Gasteiger partial charge in [-0.1, -0.05) is 23.7 Å². The van der Waals surface area contributed by atoms with Crippen LogP contribution in [0, 0.1) is 0 Å². The molecule has 2 fully saturated rings. The summed E-state index contributed by atoms with van der Waals surface area (Å²) >= 11 is 6.01. The molecule has 1 aliphatic heterocycles. The number of ether oxygens (including phenoxy) is 1. The molecule has 172 valence electrons. The van der Waals surface area contributed by atoms with Crippen molar-refractivity contribution < 1.29 is 17.9 Å². The topological polar surface area (TPSA) is 79.0 Å². The fourth-order valence-electron chi connectivity index (χ4n) is 3.93. The standard InChI is InChI=1S/C23H28ClN3O4S/c1-17(18-2-4-19(24)5-3-18)27(21-8-9-21)16-23(28)25-20-6-10-22(11-7-20)32(29,30)26-12-14-31-15-13-26/h2-7,10-11,17,21H,8-9,12-16H2,1H3,(H,25,28). The third-order valence-electron chi connectivity index (χ3n) is 5.94. The van der Waals surface area contributed by atoms with E-state index in [-0.39, 0.29) is 23.4 Å². The van der Waals surface area contributed by atoms with Crippen molar-refractivity contribution in [3.63, 3.8) is 0 Å². The summed E-state index contributed by atoms with van der Waals surface area (Å²) in [5.74, 6) is -0.124. The van der Waals surface area contributed by atoms with Crippen molar-refractivity contribution in [2.24, 2.45) is 0 Å². The smallest absolute Gasteiger partial charge is 0.243 e. The number of hydrogen-bond donors (Lipinski definition) is 1. The molecule has 2 aromatic rings. The Balaban J connectivity index is 1.39. The minimum Gasteiger partial charge on any atom is -0.379 e. The summed E-state index contributed by atoms with van der Waals surface area (Å²) in [5.41, 5.74) is 1.69. The molecule has 0 radical (unpaired) electrons. The lowest BCUT2D eigenvalue weighted by molar-refractivity contribution is -0.118. The highest BCUT2D eigenvalue weighted by Crippen LogP contribution is 2.34. The number of nitrogens with one attached hydrogen (secondary N) is 1. The summed E-state index contributed by atoms with van der Waals surface area (Å²) in [6.07, 6.45) is 2.17. The minimum absolute atomic E-state index is 0.0894. The van der Waals surface area contributed by atoms with Crippen LogP contribution < -0.4 is 5.32 Å². The molecule has 1 aliphatic carbocycles. The van der Waals surface area contributed by atoms with Crippen LogP contribution in [0.1, 0.15) is 31.4 Å². The Kier molecular flexibility index (Phi) is 7.17. The number of anilines is 1. The van der Waals surface area contributed by atoms with Crippen LogP contribution in [0.15, 0.2) is 53.4 Å². The predicted molar refractivity (Wildman–Crippen MR) is 124 cm³/mol. The van der Waals surface area contributed by atoms with Gasteiger partial charge in [-0.25, -0.2) is 8.42 Å². The van der Waals surface area contributed by atoms with Crippen LogP contribution in [-0.2, 0) is 19.6 Å². The Morgan fingerprint density at radius 1 is 1.12 bits per heavy atom. The largest absolute Gasteiger partial charge is 0.379 e. The van der Waals surface area contributed by atoms with E-state index >= 15 is 0 Å². The lowest BCUT2D eigenvalue weighted by Gasteiger charge is -2.29. The van der Waals surface area contributed by atoms with Gasteiger partial charge in [-0.15, -0.1) is 0 Å². The number of carbonyl (C=O) groups excluding carboxylic acids is 1. The molecule has 1 saturated heterocycles. The molecule has 1 amide bonds. The SMILES string of the molecule is CC(c1ccc(Cl)cc1)N(CC(=O)Nc1ccc(S(=O)(=O)N2CCOCC2)cc1)C1CC1. The molecule has 2 aliphatic rings. The van der Waals surface area contributed by atoms with E-state index in [4.69, 9.17) is 16.3 Å². The van der Waals surface area contributed by atoms with Gasteiger partial charge in [0.2, 0.25) is 15.9 Å². The van der Waals surface area contributed by atoms with Gasteiger partial charge in [0.1, 0.15) is 0 Å². The second kappa shape index (κ2) is 9.89. The van der Waals surface area contributed by atoms with Gasteiger partial charge >= 0.3 is 0 Å². The van der Waals surface area contributed by atoms with Crippen molar-refractivity contribution in [2.45, 2.75) is 36.7 Å². The number of hydrogen-bond acceptors (Lipinski definition) is 5. The molecule has 7 nitrogen and oxygen atoms in total. The van der Waals surface area contributed by atoms with E-state index < -0.39 is 10.0 Å². The molecular weight excluding hydrogens is 450 g/mol. The third kappa shape index (κ3) is 5.50. The van der Waals surface area contributed by atoms with E-state index in [0.717, 1.165) is 18.4 Å². The summed E-state index contributed by atoms with van der Waals surface area (Å²) in [6.45, 7) is 3.87. The van der Waals surface area contributed by atoms with Crippen molar-refractivity contribution >= 4 is 33.2 Å². The first-order valence-electron chi connectivity index (χ1n) is 10.8. The average Bonchev–Trinajstić information content (AvgIpc) is 3.64. The van der Waals surface area contributed by atoms with Crippen molar-refractivity contribution in [3.8, 4) is 0 Å². The number of nitrogens with zero attached hydrogens (tertiary/aromatic N) is 2. The summed E-state index contributed by atoms with van der Waals surface area (Å²) in [6, 6.07) is 14.5. The zero-order valence-corrected chi connectivity index (χ0v) is 19.6. The van der Waals surface area contributed by atoms with Crippen LogP contribution in [0.2, 0.25) is 5.02 Å². The highest BCUT2D eigenvalue weighted by atomic mass is 35.5. The maximum Gasteiger partial charge on any atom is 0.243 e. The van der Waals surface area contributed by atoms with Crippen molar-refractivity contribution in [2.75, 3.05) is 38.2 Å². The Morgan fingerprint density at radius 3 is 2.34 bits per heavy atom. The molecule has 0 bridgehead atoms. The lowest BCUT2D eigenvalue weighted by atomic mass is 10.1. The molecule has 2 aromatic carbocycles. The van der Waals surface area contributed by atoms with Gasteiger partial charge < -0.3 is 10.1 Å². The van der Waals surface area contributed by atoms with Crippen LogP contribution in [0.25, 0.3) is 0 Å².